The van der Waals surface area contributed by atoms with E-state index in [4.69, 9.17) is 34.8 Å². The van der Waals surface area contributed by atoms with Crippen LogP contribution in [0, 0.1) is 6.07 Å². The predicted octanol–water partition coefficient (Wildman–Crippen LogP) is 6.47. The van der Waals surface area contributed by atoms with Crippen molar-refractivity contribution in [1.29, 1.82) is 0 Å². The van der Waals surface area contributed by atoms with Crippen LogP contribution in [0.15, 0.2) is 36.4 Å². The molecular formula is C16H8Cl3F3N. The maximum absolute atomic E-state index is 13.3. The summed E-state index contributed by atoms with van der Waals surface area (Å²) in [4.78, 5) is 0. The van der Waals surface area contributed by atoms with Crippen LogP contribution in [0.3, 0.4) is 0 Å². The van der Waals surface area contributed by atoms with Crippen LogP contribution in [0.1, 0.15) is 11.3 Å². The minimum atomic E-state index is -4.54. The SMILES string of the molecule is FC(F)(F)c1[c]c2cc(Cl)ccc2n1Cc1ccc(Cl)cc1Cl. The standard InChI is InChI=1S/C16H8Cl3F3N/c17-11-3-4-14-10(5-11)6-15(16(20,21)22)23(14)8-9-1-2-12(18)7-13(9)19/h1-5,7H,8H2. The second kappa shape index (κ2) is 5.93. The summed E-state index contributed by atoms with van der Waals surface area (Å²) in [5.41, 5.74) is 0.0379. The number of hydrogen-bond acceptors (Lipinski definition) is 0. The van der Waals surface area contributed by atoms with Gasteiger partial charge < -0.3 is 4.57 Å². The molecule has 0 saturated heterocycles. The fraction of sp³-hybridized carbons (Fsp3) is 0.125. The van der Waals surface area contributed by atoms with E-state index in [9.17, 15) is 13.2 Å². The predicted molar refractivity (Wildman–Crippen MR) is 86.4 cm³/mol. The third-order valence-electron chi connectivity index (χ3n) is 3.38. The Kier molecular flexibility index (Phi) is 4.25. The lowest BCUT2D eigenvalue weighted by molar-refractivity contribution is -0.143. The smallest absolute Gasteiger partial charge is 0.332 e. The van der Waals surface area contributed by atoms with Crippen molar-refractivity contribution < 1.29 is 13.2 Å². The minimum Gasteiger partial charge on any atom is -0.332 e. The van der Waals surface area contributed by atoms with Crippen molar-refractivity contribution in [3.05, 3.63) is 68.8 Å². The number of alkyl halides is 3. The second-order valence-corrected chi connectivity index (χ2v) is 6.23. The quantitative estimate of drug-likeness (QED) is 0.482. The summed E-state index contributed by atoms with van der Waals surface area (Å²) in [5, 5.41) is 1.38. The first kappa shape index (κ1) is 16.5. The maximum Gasteiger partial charge on any atom is 0.432 e. The van der Waals surface area contributed by atoms with Crippen LogP contribution in [0.4, 0.5) is 13.2 Å². The molecule has 0 saturated carbocycles. The van der Waals surface area contributed by atoms with E-state index in [2.05, 4.69) is 6.07 Å². The molecule has 1 aromatic heterocycles. The van der Waals surface area contributed by atoms with Crippen molar-refractivity contribution in [3.63, 3.8) is 0 Å². The maximum atomic E-state index is 13.3. The highest BCUT2D eigenvalue weighted by atomic mass is 35.5. The minimum absolute atomic E-state index is 0.0491. The Labute approximate surface area is 145 Å². The van der Waals surface area contributed by atoms with Crippen LogP contribution in [0.2, 0.25) is 15.1 Å². The van der Waals surface area contributed by atoms with E-state index < -0.39 is 11.9 Å². The molecule has 1 heterocycles. The van der Waals surface area contributed by atoms with Crippen LogP contribution < -0.4 is 0 Å². The Morgan fingerprint density at radius 1 is 0.957 bits per heavy atom. The zero-order valence-corrected chi connectivity index (χ0v) is 13.7. The number of rotatable bonds is 2. The summed E-state index contributed by atoms with van der Waals surface area (Å²) in [6.45, 7) is -0.0491. The number of benzene rings is 2. The van der Waals surface area contributed by atoms with Gasteiger partial charge in [0.1, 0.15) is 5.69 Å². The first-order valence-corrected chi connectivity index (χ1v) is 7.61. The molecule has 0 bridgehead atoms. The highest BCUT2D eigenvalue weighted by molar-refractivity contribution is 6.35. The molecule has 0 aliphatic heterocycles. The van der Waals surface area contributed by atoms with Gasteiger partial charge in [-0.1, -0.05) is 40.9 Å². The lowest BCUT2D eigenvalue weighted by Gasteiger charge is -2.14. The van der Waals surface area contributed by atoms with Gasteiger partial charge in [0.05, 0.1) is 0 Å². The van der Waals surface area contributed by atoms with E-state index in [-0.39, 0.29) is 6.54 Å². The largest absolute Gasteiger partial charge is 0.432 e. The van der Waals surface area contributed by atoms with Crippen molar-refractivity contribution >= 4 is 45.7 Å². The first-order valence-electron chi connectivity index (χ1n) is 6.48. The van der Waals surface area contributed by atoms with Crippen LogP contribution in [-0.4, -0.2) is 4.57 Å². The molecule has 7 heteroatoms. The van der Waals surface area contributed by atoms with Crippen molar-refractivity contribution in [2.24, 2.45) is 0 Å². The van der Waals surface area contributed by atoms with Gasteiger partial charge in [-0.05, 0) is 35.9 Å². The number of fused-ring (bicyclic) bond motifs is 1. The number of aromatic nitrogens is 1. The fourth-order valence-electron chi connectivity index (χ4n) is 2.37. The van der Waals surface area contributed by atoms with Crippen LogP contribution in [-0.2, 0) is 12.7 Å². The molecule has 23 heavy (non-hydrogen) atoms. The molecule has 2 aromatic carbocycles. The highest BCUT2D eigenvalue weighted by Crippen LogP contribution is 2.35. The summed E-state index contributed by atoms with van der Waals surface area (Å²) in [6.07, 6.45) is -4.54. The monoisotopic (exact) mass is 376 g/mol. The highest BCUT2D eigenvalue weighted by Gasteiger charge is 2.35. The first-order chi connectivity index (χ1) is 10.8. The Morgan fingerprint density at radius 3 is 2.26 bits per heavy atom. The summed E-state index contributed by atoms with van der Waals surface area (Å²) < 4.78 is 41.1. The molecule has 3 rings (SSSR count). The molecule has 0 atom stereocenters. The molecule has 0 N–H and O–H groups in total. The molecule has 119 valence electrons. The second-order valence-electron chi connectivity index (χ2n) is 4.95. The molecule has 3 aromatic rings. The Balaban J connectivity index is 2.18. The van der Waals surface area contributed by atoms with Crippen molar-refractivity contribution in [2.45, 2.75) is 12.7 Å². The number of hydrogen-bond donors (Lipinski definition) is 0. The summed E-state index contributed by atoms with van der Waals surface area (Å²) in [6, 6.07) is 11.6. The van der Waals surface area contributed by atoms with Gasteiger partial charge >= 0.3 is 6.18 Å². The van der Waals surface area contributed by atoms with Gasteiger partial charge in [0.15, 0.2) is 0 Å². The average Bonchev–Trinajstić information content (AvgIpc) is 2.79. The van der Waals surface area contributed by atoms with Gasteiger partial charge in [0.25, 0.3) is 0 Å². The van der Waals surface area contributed by atoms with Gasteiger partial charge in [-0.15, -0.1) is 0 Å². The lowest BCUT2D eigenvalue weighted by Crippen LogP contribution is -2.14. The summed E-state index contributed by atoms with van der Waals surface area (Å²) in [5.74, 6) is 0. The van der Waals surface area contributed by atoms with Gasteiger partial charge in [0.2, 0.25) is 0 Å². The van der Waals surface area contributed by atoms with Gasteiger partial charge in [-0.3, -0.25) is 0 Å². The normalized spacial score (nSPS) is 12.1. The molecule has 1 radical (unpaired) electrons. The van der Waals surface area contributed by atoms with Crippen LogP contribution >= 0.6 is 34.8 Å². The van der Waals surface area contributed by atoms with E-state index in [0.29, 0.717) is 31.5 Å². The zero-order chi connectivity index (χ0) is 16.8. The zero-order valence-electron chi connectivity index (χ0n) is 11.4. The molecule has 0 unspecified atom stereocenters. The van der Waals surface area contributed by atoms with Crippen LogP contribution in [0.25, 0.3) is 10.9 Å². The summed E-state index contributed by atoms with van der Waals surface area (Å²) >= 11 is 17.8. The van der Waals surface area contributed by atoms with E-state index >= 15 is 0 Å². The van der Waals surface area contributed by atoms with E-state index in [0.717, 1.165) is 4.57 Å². The Morgan fingerprint density at radius 2 is 1.61 bits per heavy atom. The summed E-state index contributed by atoms with van der Waals surface area (Å²) in [7, 11) is 0. The van der Waals surface area contributed by atoms with Crippen molar-refractivity contribution in [2.75, 3.05) is 0 Å². The molecule has 1 nitrogen and oxygen atoms in total. The third kappa shape index (κ3) is 3.30. The molecule has 0 spiro atoms. The van der Waals surface area contributed by atoms with Gasteiger partial charge in [-0.25, -0.2) is 0 Å². The number of nitrogens with zero attached hydrogens (tertiary/aromatic N) is 1. The molecule has 0 aliphatic carbocycles. The van der Waals surface area contributed by atoms with Gasteiger partial charge in [-0.2, -0.15) is 13.2 Å². The Hall–Kier alpha value is -1.36. The van der Waals surface area contributed by atoms with Crippen molar-refractivity contribution in [3.8, 4) is 0 Å². The molecule has 0 amide bonds. The average molecular weight is 378 g/mol. The fourth-order valence-corrected chi connectivity index (χ4v) is 3.01. The molecule has 0 fully saturated rings. The van der Waals surface area contributed by atoms with Crippen LogP contribution in [0.5, 0.6) is 0 Å². The Bertz CT molecular complexity index is 884. The van der Waals surface area contributed by atoms with E-state index in [1.807, 2.05) is 0 Å². The van der Waals surface area contributed by atoms with Crippen molar-refractivity contribution in [1.82, 2.24) is 4.57 Å². The van der Waals surface area contributed by atoms with Gasteiger partial charge in [0, 0.05) is 38.6 Å². The lowest BCUT2D eigenvalue weighted by atomic mass is 10.2. The third-order valence-corrected chi connectivity index (χ3v) is 4.21. The topological polar surface area (TPSA) is 4.93 Å². The van der Waals surface area contributed by atoms with E-state index in [1.165, 1.54) is 24.3 Å². The molecule has 0 aliphatic rings. The molecular weight excluding hydrogens is 370 g/mol. The number of halogens is 6. The van der Waals surface area contributed by atoms with E-state index in [1.54, 1.807) is 12.1 Å².